The van der Waals surface area contributed by atoms with E-state index >= 15 is 0 Å². The van der Waals surface area contributed by atoms with Crippen molar-refractivity contribution in [2.75, 3.05) is 19.6 Å². The topological polar surface area (TPSA) is 41.6 Å². The van der Waals surface area contributed by atoms with Crippen LogP contribution in [0.15, 0.2) is 30.3 Å². The third-order valence-corrected chi connectivity index (χ3v) is 3.53. The molecule has 21 heavy (non-hydrogen) atoms. The number of nitrogens with zero attached hydrogens (tertiary/aromatic N) is 1. The minimum atomic E-state index is -0.473. The Morgan fingerprint density at radius 1 is 1.24 bits per heavy atom. The SMILES string of the molecule is CC(C)(C)OC(=O)NC(CN1CCCC1)c1ccccc1. The first-order chi connectivity index (χ1) is 9.94. The molecule has 1 amide bonds. The lowest BCUT2D eigenvalue weighted by molar-refractivity contribution is 0.0493. The summed E-state index contributed by atoms with van der Waals surface area (Å²) in [6.07, 6.45) is 2.14. The molecule has 4 nitrogen and oxygen atoms in total. The Morgan fingerprint density at radius 2 is 1.86 bits per heavy atom. The average molecular weight is 290 g/mol. The standard InChI is InChI=1S/C17H26N2O2/c1-17(2,3)21-16(20)18-15(13-19-11-7-8-12-19)14-9-5-4-6-10-14/h4-6,9-10,15H,7-8,11-13H2,1-3H3,(H,18,20). The second kappa shape index (κ2) is 6.94. The number of amides is 1. The second-order valence-electron chi connectivity index (χ2n) is 6.62. The van der Waals surface area contributed by atoms with Crippen LogP contribution in [-0.4, -0.2) is 36.2 Å². The van der Waals surface area contributed by atoms with Crippen molar-refractivity contribution < 1.29 is 9.53 Å². The van der Waals surface area contributed by atoms with Crippen molar-refractivity contribution in [1.82, 2.24) is 10.2 Å². The van der Waals surface area contributed by atoms with Gasteiger partial charge in [0.15, 0.2) is 0 Å². The van der Waals surface area contributed by atoms with E-state index in [-0.39, 0.29) is 12.1 Å². The van der Waals surface area contributed by atoms with E-state index in [0.29, 0.717) is 0 Å². The molecule has 2 rings (SSSR count). The molecule has 116 valence electrons. The molecule has 0 aliphatic carbocycles. The van der Waals surface area contributed by atoms with Crippen LogP contribution in [0.25, 0.3) is 0 Å². The number of carbonyl (C=O) groups excluding carboxylic acids is 1. The molecule has 0 radical (unpaired) electrons. The van der Waals surface area contributed by atoms with Crippen LogP contribution in [0.1, 0.15) is 45.2 Å². The van der Waals surface area contributed by atoms with Crippen molar-refractivity contribution >= 4 is 6.09 Å². The van der Waals surface area contributed by atoms with E-state index in [1.807, 2.05) is 39.0 Å². The van der Waals surface area contributed by atoms with E-state index in [4.69, 9.17) is 4.74 Å². The average Bonchev–Trinajstić information content (AvgIpc) is 2.90. The van der Waals surface area contributed by atoms with E-state index in [9.17, 15) is 4.79 Å². The third kappa shape index (κ3) is 5.38. The Balaban J connectivity index is 2.03. The molecule has 0 bridgehead atoms. The minimum Gasteiger partial charge on any atom is -0.444 e. The van der Waals surface area contributed by atoms with Gasteiger partial charge in [-0.15, -0.1) is 0 Å². The Hall–Kier alpha value is -1.55. The zero-order valence-electron chi connectivity index (χ0n) is 13.3. The van der Waals surface area contributed by atoms with E-state index in [1.165, 1.54) is 12.8 Å². The smallest absolute Gasteiger partial charge is 0.408 e. The summed E-state index contributed by atoms with van der Waals surface area (Å²) < 4.78 is 5.39. The van der Waals surface area contributed by atoms with Crippen LogP contribution in [0.4, 0.5) is 4.79 Å². The van der Waals surface area contributed by atoms with Crippen LogP contribution in [-0.2, 0) is 4.74 Å². The van der Waals surface area contributed by atoms with Crippen LogP contribution >= 0.6 is 0 Å². The Morgan fingerprint density at radius 3 is 2.43 bits per heavy atom. The molecule has 1 saturated heterocycles. The number of alkyl carbamates (subject to hydrolysis) is 1. The molecule has 0 saturated carbocycles. The summed E-state index contributed by atoms with van der Waals surface area (Å²) in [5, 5.41) is 3.01. The molecule has 1 heterocycles. The highest BCUT2D eigenvalue weighted by Crippen LogP contribution is 2.18. The van der Waals surface area contributed by atoms with E-state index in [2.05, 4.69) is 22.3 Å². The van der Waals surface area contributed by atoms with Gasteiger partial charge in [0.1, 0.15) is 5.60 Å². The first-order valence-corrected chi connectivity index (χ1v) is 7.71. The summed E-state index contributed by atoms with van der Waals surface area (Å²) >= 11 is 0. The molecular weight excluding hydrogens is 264 g/mol. The largest absolute Gasteiger partial charge is 0.444 e. The van der Waals surface area contributed by atoms with Crippen LogP contribution in [0.3, 0.4) is 0 Å². The van der Waals surface area contributed by atoms with E-state index in [0.717, 1.165) is 25.2 Å². The molecule has 0 aromatic heterocycles. The van der Waals surface area contributed by atoms with Crippen molar-refractivity contribution in [3.8, 4) is 0 Å². The fraction of sp³-hybridized carbons (Fsp3) is 0.588. The Bertz CT molecular complexity index is 448. The van der Waals surface area contributed by atoms with Crippen LogP contribution in [0.2, 0.25) is 0 Å². The monoisotopic (exact) mass is 290 g/mol. The van der Waals surface area contributed by atoms with Crippen LogP contribution in [0.5, 0.6) is 0 Å². The van der Waals surface area contributed by atoms with E-state index in [1.54, 1.807) is 0 Å². The molecule has 1 aromatic rings. The predicted octanol–water partition coefficient (Wildman–Crippen LogP) is 3.35. The summed E-state index contributed by atoms with van der Waals surface area (Å²) in [7, 11) is 0. The molecule has 1 atom stereocenters. The number of hydrogen-bond donors (Lipinski definition) is 1. The first kappa shape index (κ1) is 15.8. The third-order valence-electron chi connectivity index (χ3n) is 3.53. The minimum absolute atomic E-state index is 0.0286. The lowest BCUT2D eigenvalue weighted by Gasteiger charge is -2.27. The normalized spacial score (nSPS) is 17.5. The number of rotatable bonds is 4. The summed E-state index contributed by atoms with van der Waals surface area (Å²) in [5.41, 5.74) is 0.647. The predicted molar refractivity (Wildman–Crippen MR) is 84.2 cm³/mol. The van der Waals surface area contributed by atoms with Gasteiger partial charge < -0.3 is 15.0 Å². The number of likely N-dealkylation sites (tertiary alicyclic amines) is 1. The lowest BCUT2D eigenvalue weighted by Crippen LogP contribution is -2.39. The molecule has 1 aromatic carbocycles. The Kier molecular flexibility index (Phi) is 5.23. The molecule has 1 aliphatic heterocycles. The van der Waals surface area contributed by atoms with Crippen LogP contribution in [0, 0.1) is 0 Å². The van der Waals surface area contributed by atoms with E-state index < -0.39 is 5.60 Å². The second-order valence-corrected chi connectivity index (χ2v) is 6.62. The first-order valence-electron chi connectivity index (χ1n) is 7.71. The maximum atomic E-state index is 12.1. The highest BCUT2D eigenvalue weighted by atomic mass is 16.6. The van der Waals surface area contributed by atoms with Gasteiger partial charge in [-0.05, 0) is 52.3 Å². The maximum absolute atomic E-state index is 12.1. The van der Waals surface area contributed by atoms with Gasteiger partial charge in [0.2, 0.25) is 0 Å². The molecular formula is C17H26N2O2. The number of nitrogens with one attached hydrogen (secondary N) is 1. The zero-order chi connectivity index (χ0) is 15.3. The van der Waals surface area contributed by atoms with Gasteiger partial charge in [-0.25, -0.2) is 4.79 Å². The van der Waals surface area contributed by atoms with Gasteiger partial charge in [0.05, 0.1) is 6.04 Å². The molecule has 1 aliphatic rings. The zero-order valence-corrected chi connectivity index (χ0v) is 13.3. The van der Waals surface area contributed by atoms with Crippen molar-refractivity contribution in [2.24, 2.45) is 0 Å². The van der Waals surface area contributed by atoms with Gasteiger partial charge in [0.25, 0.3) is 0 Å². The van der Waals surface area contributed by atoms with Crippen molar-refractivity contribution in [3.05, 3.63) is 35.9 Å². The number of carbonyl (C=O) groups is 1. The van der Waals surface area contributed by atoms with Gasteiger partial charge in [-0.3, -0.25) is 0 Å². The summed E-state index contributed by atoms with van der Waals surface area (Å²) in [6, 6.07) is 10.1. The summed E-state index contributed by atoms with van der Waals surface area (Å²) in [6.45, 7) is 8.70. The number of hydrogen-bond acceptors (Lipinski definition) is 3. The quantitative estimate of drug-likeness (QED) is 0.924. The summed E-state index contributed by atoms with van der Waals surface area (Å²) in [5.74, 6) is 0. The van der Waals surface area contributed by atoms with Gasteiger partial charge >= 0.3 is 6.09 Å². The summed E-state index contributed by atoms with van der Waals surface area (Å²) in [4.78, 5) is 14.5. The maximum Gasteiger partial charge on any atom is 0.408 e. The van der Waals surface area contributed by atoms with Crippen LogP contribution < -0.4 is 5.32 Å². The van der Waals surface area contributed by atoms with Crippen molar-refractivity contribution in [1.29, 1.82) is 0 Å². The highest BCUT2D eigenvalue weighted by molar-refractivity contribution is 5.68. The molecule has 1 N–H and O–H groups in total. The van der Waals surface area contributed by atoms with Gasteiger partial charge in [0, 0.05) is 6.54 Å². The fourth-order valence-electron chi connectivity index (χ4n) is 2.59. The van der Waals surface area contributed by atoms with Crippen molar-refractivity contribution in [3.63, 3.8) is 0 Å². The van der Waals surface area contributed by atoms with Gasteiger partial charge in [-0.2, -0.15) is 0 Å². The lowest BCUT2D eigenvalue weighted by atomic mass is 10.1. The molecule has 4 heteroatoms. The fourth-order valence-corrected chi connectivity index (χ4v) is 2.59. The Labute approximate surface area is 127 Å². The highest BCUT2D eigenvalue weighted by Gasteiger charge is 2.23. The number of benzene rings is 1. The molecule has 1 fully saturated rings. The molecule has 0 spiro atoms. The number of ether oxygens (including phenoxy) is 1. The van der Waals surface area contributed by atoms with Crippen molar-refractivity contribution in [2.45, 2.75) is 45.3 Å². The van der Waals surface area contributed by atoms with Gasteiger partial charge in [-0.1, -0.05) is 30.3 Å². The molecule has 1 unspecified atom stereocenters.